The van der Waals surface area contributed by atoms with Gasteiger partial charge in [0.1, 0.15) is 18.3 Å². The van der Waals surface area contributed by atoms with Crippen molar-refractivity contribution < 1.29 is 24.1 Å². The summed E-state index contributed by atoms with van der Waals surface area (Å²) in [7, 11) is 1.55. The second-order valence-electron chi connectivity index (χ2n) is 3.23. The van der Waals surface area contributed by atoms with E-state index in [1.807, 2.05) is 6.92 Å². The van der Waals surface area contributed by atoms with Crippen LogP contribution in [0.3, 0.4) is 0 Å². The number of rotatable bonds is 2. The number of fused-ring (bicyclic) bond motifs is 1. The lowest BCUT2D eigenvalue weighted by atomic mass is 10.1. The van der Waals surface area contributed by atoms with E-state index in [0.29, 0.717) is 0 Å². The van der Waals surface area contributed by atoms with Crippen molar-refractivity contribution in [3.63, 3.8) is 0 Å². The van der Waals surface area contributed by atoms with Crippen molar-refractivity contribution in [2.24, 2.45) is 0 Å². The molecular weight excluding hydrogens is 176 g/mol. The van der Waals surface area contributed by atoms with Crippen LogP contribution in [0.1, 0.15) is 6.92 Å². The quantitative estimate of drug-likeness (QED) is 0.635. The van der Waals surface area contributed by atoms with Crippen molar-refractivity contribution in [3.05, 3.63) is 0 Å². The smallest absolute Gasteiger partial charge is 0.186 e. The predicted octanol–water partition coefficient (Wildman–Crippen LogP) is -0.520. The Bertz CT molecular complexity index is 167. The lowest BCUT2D eigenvalue weighted by molar-refractivity contribution is -0.195. The fourth-order valence-corrected chi connectivity index (χ4v) is 1.81. The molecule has 1 N–H and O–H groups in total. The maximum Gasteiger partial charge on any atom is 0.186 e. The number of ether oxygens (including phenoxy) is 4. The Balaban J connectivity index is 2.07. The molecule has 5 heteroatoms. The Hall–Kier alpha value is -0.200. The number of methoxy groups -OCH3 is 1. The standard InChI is InChI=1S/C8H14O5/c1-4-11-6-5(3-9)13-8(10-2)7(6)12-4/h4-9H,3H2,1-2H3. The van der Waals surface area contributed by atoms with Crippen LogP contribution < -0.4 is 0 Å². The normalized spacial score (nSPS) is 49.6. The molecule has 0 aliphatic carbocycles. The zero-order valence-corrected chi connectivity index (χ0v) is 7.67. The Kier molecular flexibility index (Phi) is 2.53. The van der Waals surface area contributed by atoms with Gasteiger partial charge in [-0.15, -0.1) is 0 Å². The van der Waals surface area contributed by atoms with Gasteiger partial charge in [-0.1, -0.05) is 0 Å². The predicted molar refractivity (Wildman–Crippen MR) is 42.0 cm³/mol. The summed E-state index contributed by atoms with van der Waals surface area (Å²) in [5.74, 6) is 0. The van der Waals surface area contributed by atoms with Gasteiger partial charge in [0.25, 0.3) is 0 Å². The highest BCUT2D eigenvalue weighted by molar-refractivity contribution is 4.92. The van der Waals surface area contributed by atoms with Crippen molar-refractivity contribution in [2.75, 3.05) is 13.7 Å². The van der Waals surface area contributed by atoms with E-state index in [1.165, 1.54) is 0 Å². The van der Waals surface area contributed by atoms with E-state index in [4.69, 9.17) is 24.1 Å². The molecule has 76 valence electrons. The molecule has 2 aliphatic rings. The van der Waals surface area contributed by atoms with Crippen LogP contribution in [0.2, 0.25) is 0 Å². The number of aliphatic hydroxyl groups is 1. The lowest BCUT2D eigenvalue weighted by Crippen LogP contribution is -2.31. The SMILES string of the molecule is COC1OC(CO)C2OC(C)OC12. The van der Waals surface area contributed by atoms with E-state index >= 15 is 0 Å². The zero-order chi connectivity index (χ0) is 9.42. The molecule has 0 amide bonds. The van der Waals surface area contributed by atoms with Crippen molar-refractivity contribution in [1.29, 1.82) is 0 Å². The molecule has 0 aromatic rings. The average Bonchev–Trinajstić information content (AvgIpc) is 2.61. The lowest BCUT2D eigenvalue weighted by Gasteiger charge is -2.15. The first-order chi connectivity index (χ1) is 6.26. The summed E-state index contributed by atoms with van der Waals surface area (Å²) < 4.78 is 21.3. The van der Waals surface area contributed by atoms with Crippen LogP contribution in [-0.2, 0) is 18.9 Å². The van der Waals surface area contributed by atoms with Crippen LogP contribution in [-0.4, -0.2) is 49.7 Å². The third kappa shape index (κ3) is 1.47. The molecule has 0 aromatic carbocycles. The maximum absolute atomic E-state index is 9.00. The van der Waals surface area contributed by atoms with Gasteiger partial charge in [0, 0.05) is 7.11 Å². The van der Waals surface area contributed by atoms with Crippen molar-refractivity contribution in [1.82, 2.24) is 0 Å². The largest absolute Gasteiger partial charge is 0.394 e. The third-order valence-corrected chi connectivity index (χ3v) is 2.38. The Morgan fingerprint density at radius 1 is 1.23 bits per heavy atom. The average molecular weight is 190 g/mol. The molecule has 2 saturated heterocycles. The Morgan fingerprint density at radius 3 is 2.54 bits per heavy atom. The molecule has 13 heavy (non-hydrogen) atoms. The van der Waals surface area contributed by atoms with Gasteiger partial charge in [0.05, 0.1) is 6.61 Å². The van der Waals surface area contributed by atoms with Crippen molar-refractivity contribution in [2.45, 2.75) is 37.8 Å². The molecule has 2 aliphatic heterocycles. The fourth-order valence-electron chi connectivity index (χ4n) is 1.81. The molecule has 0 spiro atoms. The summed E-state index contributed by atoms with van der Waals surface area (Å²) in [4.78, 5) is 0. The first-order valence-corrected chi connectivity index (χ1v) is 4.36. The molecule has 0 saturated carbocycles. The highest BCUT2D eigenvalue weighted by Crippen LogP contribution is 2.33. The van der Waals surface area contributed by atoms with Gasteiger partial charge < -0.3 is 24.1 Å². The fraction of sp³-hybridized carbons (Fsp3) is 1.00. The summed E-state index contributed by atoms with van der Waals surface area (Å²) in [5.41, 5.74) is 0. The molecule has 0 radical (unpaired) electrons. The molecule has 5 unspecified atom stereocenters. The molecule has 0 bridgehead atoms. The minimum Gasteiger partial charge on any atom is -0.394 e. The van der Waals surface area contributed by atoms with Crippen molar-refractivity contribution >= 4 is 0 Å². The van der Waals surface area contributed by atoms with E-state index < -0.39 is 6.29 Å². The summed E-state index contributed by atoms with van der Waals surface area (Å²) in [5, 5.41) is 9.00. The van der Waals surface area contributed by atoms with Gasteiger partial charge in [-0.3, -0.25) is 0 Å². The Labute approximate surface area is 76.5 Å². The van der Waals surface area contributed by atoms with Crippen LogP contribution in [0.5, 0.6) is 0 Å². The van der Waals surface area contributed by atoms with Gasteiger partial charge in [-0.05, 0) is 6.92 Å². The minimum atomic E-state index is -0.424. The first-order valence-electron chi connectivity index (χ1n) is 4.36. The van der Waals surface area contributed by atoms with E-state index in [-0.39, 0.29) is 31.2 Å². The van der Waals surface area contributed by atoms with Gasteiger partial charge in [-0.2, -0.15) is 0 Å². The number of hydrogen-bond donors (Lipinski definition) is 1. The van der Waals surface area contributed by atoms with Crippen LogP contribution in [0.4, 0.5) is 0 Å². The minimum absolute atomic E-state index is 0.0723. The second kappa shape index (κ2) is 3.51. The summed E-state index contributed by atoms with van der Waals surface area (Å²) >= 11 is 0. The van der Waals surface area contributed by atoms with Crippen LogP contribution in [0.15, 0.2) is 0 Å². The topological polar surface area (TPSA) is 57.2 Å². The van der Waals surface area contributed by atoms with Crippen molar-refractivity contribution in [3.8, 4) is 0 Å². The zero-order valence-electron chi connectivity index (χ0n) is 7.67. The van der Waals surface area contributed by atoms with Crippen LogP contribution in [0, 0.1) is 0 Å². The van der Waals surface area contributed by atoms with Crippen LogP contribution in [0.25, 0.3) is 0 Å². The monoisotopic (exact) mass is 190 g/mol. The van der Waals surface area contributed by atoms with Gasteiger partial charge >= 0.3 is 0 Å². The van der Waals surface area contributed by atoms with Gasteiger partial charge in [-0.25, -0.2) is 0 Å². The number of hydrogen-bond acceptors (Lipinski definition) is 5. The maximum atomic E-state index is 9.00. The Morgan fingerprint density at radius 2 is 1.92 bits per heavy atom. The number of aliphatic hydroxyl groups excluding tert-OH is 1. The van der Waals surface area contributed by atoms with E-state index in [9.17, 15) is 0 Å². The highest BCUT2D eigenvalue weighted by Gasteiger charge is 2.51. The third-order valence-electron chi connectivity index (χ3n) is 2.38. The summed E-state index contributed by atoms with van der Waals surface area (Å²) in [6.45, 7) is 1.75. The molecule has 2 rings (SSSR count). The summed E-state index contributed by atoms with van der Waals surface area (Å²) in [6.07, 6.45) is -1.42. The molecule has 5 atom stereocenters. The van der Waals surface area contributed by atoms with Gasteiger partial charge in [0.15, 0.2) is 12.6 Å². The van der Waals surface area contributed by atoms with E-state index in [0.717, 1.165) is 0 Å². The van der Waals surface area contributed by atoms with E-state index in [1.54, 1.807) is 7.11 Å². The molecule has 0 aromatic heterocycles. The van der Waals surface area contributed by atoms with Crippen LogP contribution >= 0.6 is 0 Å². The molecule has 2 fully saturated rings. The van der Waals surface area contributed by atoms with E-state index in [2.05, 4.69) is 0 Å². The van der Waals surface area contributed by atoms with Gasteiger partial charge in [0.2, 0.25) is 0 Å². The first kappa shape index (κ1) is 9.36. The molecule has 2 heterocycles. The molecular formula is C8H14O5. The molecule has 5 nitrogen and oxygen atoms in total. The summed E-state index contributed by atoms with van der Waals surface area (Å²) in [6, 6.07) is 0. The second-order valence-corrected chi connectivity index (χ2v) is 3.23. The highest BCUT2D eigenvalue weighted by atomic mass is 16.8.